The minimum atomic E-state index is -3.59. The van der Waals surface area contributed by atoms with Gasteiger partial charge in [-0.25, -0.2) is 4.79 Å². The number of hydrogen-bond donors (Lipinski definition) is 0. The van der Waals surface area contributed by atoms with E-state index in [0.717, 1.165) is 0 Å². The molecule has 29 heavy (non-hydrogen) atoms. The maximum absolute atomic E-state index is 13.5. The molecule has 0 spiro atoms. The Kier molecular flexibility index (Phi) is 8.20. The van der Waals surface area contributed by atoms with Gasteiger partial charge in [-0.3, -0.25) is 14.2 Å². The molecule has 2 aliphatic rings. The molecule has 2 rings (SSSR count). The molecule has 0 saturated carbocycles. The van der Waals surface area contributed by atoms with Crippen molar-refractivity contribution < 1.29 is 32.7 Å². The van der Waals surface area contributed by atoms with Gasteiger partial charge in [0.2, 0.25) is 5.91 Å². The normalized spacial score (nSPS) is 27.5. The van der Waals surface area contributed by atoms with Crippen LogP contribution in [0.2, 0.25) is 0 Å². The van der Waals surface area contributed by atoms with E-state index in [1.165, 1.54) is 11.8 Å². The van der Waals surface area contributed by atoms with Gasteiger partial charge in [0.25, 0.3) is 0 Å². The summed E-state index contributed by atoms with van der Waals surface area (Å²) >= 11 is 0. The second kappa shape index (κ2) is 10.0. The Morgan fingerprint density at radius 2 is 1.86 bits per heavy atom. The third kappa shape index (κ3) is 5.16. The molecule has 1 aliphatic carbocycles. The summed E-state index contributed by atoms with van der Waals surface area (Å²) in [4.78, 5) is 39.4. The van der Waals surface area contributed by atoms with Crippen molar-refractivity contribution in [3.8, 4) is 0 Å². The van der Waals surface area contributed by atoms with Crippen LogP contribution in [0.25, 0.3) is 0 Å². The van der Waals surface area contributed by atoms with Crippen molar-refractivity contribution in [3.05, 3.63) is 12.2 Å². The fourth-order valence-corrected chi connectivity index (χ4v) is 6.50. The van der Waals surface area contributed by atoms with E-state index in [-0.39, 0.29) is 37.4 Å². The molecule has 0 aromatic rings. The van der Waals surface area contributed by atoms with Crippen molar-refractivity contribution in [2.24, 2.45) is 5.92 Å². The van der Waals surface area contributed by atoms with Crippen molar-refractivity contribution in [1.29, 1.82) is 0 Å². The molecule has 1 amide bonds. The van der Waals surface area contributed by atoms with Crippen LogP contribution in [-0.4, -0.2) is 59.6 Å². The first-order chi connectivity index (χ1) is 13.7. The second-order valence-electron chi connectivity index (χ2n) is 7.57. The number of hydrogen-bond acceptors (Lipinski definition) is 7. The number of carbonyl (C=O) groups excluding carboxylic acids is 3. The molecule has 0 aromatic heterocycles. The number of likely N-dealkylation sites (tertiary alicyclic amines) is 1. The van der Waals surface area contributed by atoms with Gasteiger partial charge in [-0.05, 0) is 47.5 Å². The molecule has 0 unspecified atom stereocenters. The Bertz CT molecular complexity index is 695. The van der Waals surface area contributed by atoms with Crippen LogP contribution >= 0.6 is 7.60 Å². The number of amides is 1. The number of nitrogens with zero attached hydrogens (tertiary/aromatic N) is 1. The van der Waals surface area contributed by atoms with Gasteiger partial charge in [0.05, 0.1) is 36.9 Å². The topological polar surface area (TPSA) is 99.2 Å². The Labute approximate surface area is 172 Å². The van der Waals surface area contributed by atoms with E-state index in [4.69, 9.17) is 13.8 Å². The number of esters is 1. The van der Waals surface area contributed by atoms with Crippen molar-refractivity contribution in [2.45, 2.75) is 77.7 Å². The van der Waals surface area contributed by atoms with E-state index in [1.54, 1.807) is 39.8 Å². The van der Waals surface area contributed by atoms with Gasteiger partial charge in [0, 0.05) is 6.42 Å². The van der Waals surface area contributed by atoms with Crippen LogP contribution in [0, 0.1) is 5.92 Å². The first kappa shape index (κ1) is 23.8. The number of carbonyl (C=O) groups is 3. The molecule has 1 heterocycles. The zero-order valence-corrected chi connectivity index (χ0v) is 18.7. The predicted molar refractivity (Wildman–Crippen MR) is 107 cm³/mol. The summed E-state index contributed by atoms with van der Waals surface area (Å²) in [6.45, 7) is 8.69. The summed E-state index contributed by atoms with van der Waals surface area (Å²) < 4.78 is 29.8. The van der Waals surface area contributed by atoms with E-state index < -0.39 is 37.2 Å². The van der Waals surface area contributed by atoms with Crippen molar-refractivity contribution >= 4 is 25.3 Å². The first-order valence-electron chi connectivity index (χ1n) is 10.2. The van der Waals surface area contributed by atoms with Crippen LogP contribution < -0.4 is 0 Å². The third-order valence-corrected chi connectivity index (χ3v) is 7.77. The summed E-state index contributed by atoms with van der Waals surface area (Å²) in [5, 5.41) is 0. The molecule has 1 saturated heterocycles. The zero-order chi connectivity index (χ0) is 21.8. The van der Waals surface area contributed by atoms with Crippen LogP contribution in [0.15, 0.2) is 12.2 Å². The van der Waals surface area contributed by atoms with Crippen molar-refractivity contribution in [1.82, 2.24) is 4.90 Å². The molecule has 9 heteroatoms. The molecular formula is C20H32NO7P. The highest BCUT2D eigenvalue weighted by Crippen LogP contribution is 2.59. The standard InChI is InChI=1S/C20H32NO7P/c1-6-26-29(25,27-7-2)17-10-8-9-15(19(17)14(5)22)21-16(11-12-18(21)23)20(24)28-13(3)4/h8-9,13,15-17,19H,6-7,10-12H2,1-5H3/t15-,16+,17+,19+/m1/s1. The van der Waals surface area contributed by atoms with Crippen molar-refractivity contribution in [3.63, 3.8) is 0 Å². The summed E-state index contributed by atoms with van der Waals surface area (Å²) in [6.07, 6.45) is 4.10. The Hall–Kier alpha value is -1.50. The highest BCUT2D eigenvalue weighted by molar-refractivity contribution is 7.54. The molecule has 0 radical (unpaired) electrons. The quantitative estimate of drug-likeness (QED) is 0.315. The fourth-order valence-electron chi connectivity index (χ4n) is 4.16. The highest BCUT2D eigenvalue weighted by atomic mass is 31.2. The number of allylic oxidation sites excluding steroid dienone is 1. The SMILES string of the molecule is CCOP(=O)(OCC)[C@H]1CC=C[C@@H](N2C(=O)CC[C@H]2C(=O)OC(C)C)[C@@H]1C(C)=O. The lowest BCUT2D eigenvalue weighted by Gasteiger charge is -2.41. The minimum Gasteiger partial charge on any atom is -0.461 e. The molecule has 4 atom stereocenters. The van der Waals surface area contributed by atoms with Crippen LogP contribution in [0.3, 0.4) is 0 Å². The molecule has 0 N–H and O–H groups in total. The molecular weight excluding hydrogens is 397 g/mol. The van der Waals surface area contributed by atoms with Crippen LogP contribution in [0.1, 0.15) is 53.9 Å². The van der Waals surface area contributed by atoms with E-state index in [9.17, 15) is 18.9 Å². The largest absolute Gasteiger partial charge is 0.461 e. The second-order valence-corrected chi connectivity index (χ2v) is 9.83. The van der Waals surface area contributed by atoms with Crippen molar-refractivity contribution in [2.75, 3.05) is 13.2 Å². The molecule has 0 bridgehead atoms. The Balaban J connectivity index is 2.42. The summed E-state index contributed by atoms with van der Waals surface area (Å²) in [5.74, 6) is -1.72. The van der Waals surface area contributed by atoms with Crippen LogP contribution in [-0.2, 0) is 32.7 Å². The van der Waals surface area contributed by atoms with Crippen LogP contribution in [0.5, 0.6) is 0 Å². The Morgan fingerprint density at radius 1 is 1.24 bits per heavy atom. The number of ketones is 1. The molecule has 164 valence electrons. The lowest BCUT2D eigenvalue weighted by atomic mass is 9.84. The number of rotatable bonds is 9. The lowest BCUT2D eigenvalue weighted by Crippen LogP contribution is -2.54. The smallest absolute Gasteiger partial charge is 0.334 e. The van der Waals surface area contributed by atoms with Gasteiger partial charge in [-0.1, -0.05) is 12.2 Å². The van der Waals surface area contributed by atoms with Gasteiger partial charge in [-0.2, -0.15) is 0 Å². The fraction of sp³-hybridized carbons (Fsp3) is 0.750. The summed E-state index contributed by atoms with van der Waals surface area (Å²) in [7, 11) is -3.59. The average molecular weight is 429 g/mol. The molecule has 1 aliphatic heterocycles. The number of Topliss-reactive ketones (excluding diaryl/α,β-unsaturated/α-hetero) is 1. The van der Waals surface area contributed by atoms with E-state index >= 15 is 0 Å². The summed E-state index contributed by atoms with van der Waals surface area (Å²) in [6, 6.07) is -1.46. The van der Waals surface area contributed by atoms with E-state index in [0.29, 0.717) is 12.8 Å². The maximum Gasteiger partial charge on any atom is 0.334 e. The zero-order valence-electron chi connectivity index (χ0n) is 17.8. The first-order valence-corrected chi connectivity index (χ1v) is 11.8. The van der Waals surface area contributed by atoms with Gasteiger partial charge >= 0.3 is 13.6 Å². The molecule has 1 fully saturated rings. The van der Waals surface area contributed by atoms with Crippen LogP contribution in [0.4, 0.5) is 0 Å². The highest BCUT2D eigenvalue weighted by Gasteiger charge is 2.52. The predicted octanol–water partition coefficient (Wildman–Crippen LogP) is 3.10. The summed E-state index contributed by atoms with van der Waals surface area (Å²) in [5.41, 5.74) is -0.718. The minimum absolute atomic E-state index is 0.179. The third-order valence-electron chi connectivity index (χ3n) is 5.19. The van der Waals surface area contributed by atoms with Gasteiger partial charge in [0.15, 0.2) is 0 Å². The average Bonchev–Trinajstić information content (AvgIpc) is 3.02. The maximum atomic E-state index is 13.5. The van der Waals surface area contributed by atoms with E-state index in [2.05, 4.69) is 0 Å². The van der Waals surface area contributed by atoms with Gasteiger partial charge in [-0.15, -0.1) is 0 Å². The van der Waals surface area contributed by atoms with Gasteiger partial charge < -0.3 is 18.7 Å². The van der Waals surface area contributed by atoms with E-state index in [1.807, 2.05) is 0 Å². The monoisotopic (exact) mass is 429 g/mol. The lowest BCUT2D eigenvalue weighted by molar-refractivity contribution is -0.157. The molecule has 8 nitrogen and oxygen atoms in total. The Morgan fingerprint density at radius 3 is 2.38 bits per heavy atom. The van der Waals surface area contributed by atoms with Gasteiger partial charge in [0.1, 0.15) is 11.8 Å². The number of ether oxygens (including phenoxy) is 1. The molecule has 0 aromatic carbocycles.